The topological polar surface area (TPSA) is 106 Å². The number of aliphatic imine (C=N–C) groups is 1. The Morgan fingerprint density at radius 1 is 0.956 bits per heavy atom. The Hall–Kier alpha value is -3.99. The number of benzene rings is 4. The SMILES string of the molecule is O=C1N(CCS(=O)(=O)c2ccccc2)Cc2ccccc2[C@H]2OC(c3ccc(OCCCO)cc3)=N[C@@]12Cc1ccccc1Br. The number of aliphatic hydroxyl groups is 1. The third-order valence-corrected chi connectivity index (χ3v) is 10.6. The van der Waals surface area contributed by atoms with E-state index in [1.165, 1.54) is 0 Å². The number of amides is 1. The zero-order valence-electron chi connectivity index (χ0n) is 24.5. The van der Waals surface area contributed by atoms with Gasteiger partial charge in [-0.3, -0.25) is 4.79 Å². The molecule has 0 radical (unpaired) electrons. The van der Waals surface area contributed by atoms with Gasteiger partial charge in [0, 0.05) is 48.1 Å². The van der Waals surface area contributed by atoms with Crippen molar-refractivity contribution in [3.8, 4) is 5.75 Å². The number of rotatable bonds is 11. The summed E-state index contributed by atoms with van der Waals surface area (Å²) in [5, 5.41) is 9.06. The highest BCUT2D eigenvalue weighted by molar-refractivity contribution is 9.10. The third kappa shape index (κ3) is 6.40. The molecular formula is C35H33BrN2O6S. The van der Waals surface area contributed by atoms with Crippen molar-refractivity contribution in [3.05, 3.63) is 130 Å². The molecule has 1 amide bonds. The Kier molecular flexibility index (Phi) is 9.07. The molecule has 0 spiro atoms. The molecule has 232 valence electrons. The molecular weight excluding hydrogens is 656 g/mol. The first-order chi connectivity index (χ1) is 21.8. The first kappa shape index (κ1) is 31.0. The van der Waals surface area contributed by atoms with Gasteiger partial charge in [-0.2, -0.15) is 0 Å². The van der Waals surface area contributed by atoms with Crippen LogP contribution in [0.5, 0.6) is 5.75 Å². The van der Waals surface area contributed by atoms with E-state index in [0.717, 1.165) is 21.2 Å². The molecule has 0 saturated heterocycles. The van der Waals surface area contributed by atoms with E-state index in [1.54, 1.807) is 35.2 Å². The van der Waals surface area contributed by atoms with Crippen LogP contribution in [0.3, 0.4) is 0 Å². The summed E-state index contributed by atoms with van der Waals surface area (Å²) >= 11 is 3.66. The number of aliphatic hydroxyl groups excluding tert-OH is 1. The van der Waals surface area contributed by atoms with E-state index in [0.29, 0.717) is 30.2 Å². The number of hydrogen-bond acceptors (Lipinski definition) is 7. The van der Waals surface area contributed by atoms with E-state index in [4.69, 9.17) is 19.6 Å². The van der Waals surface area contributed by atoms with Crippen molar-refractivity contribution in [1.29, 1.82) is 0 Å². The minimum Gasteiger partial charge on any atom is -0.494 e. The lowest BCUT2D eigenvalue weighted by molar-refractivity contribution is -0.139. The lowest BCUT2D eigenvalue weighted by atomic mass is 9.81. The molecule has 10 heteroatoms. The fourth-order valence-electron chi connectivity index (χ4n) is 5.82. The Morgan fingerprint density at radius 3 is 2.42 bits per heavy atom. The van der Waals surface area contributed by atoms with Crippen molar-refractivity contribution in [2.75, 3.05) is 25.5 Å². The van der Waals surface area contributed by atoms with Gasteiger partial charge < -0.3 is 19.5 Å². The van der Waals surface area contributed by atoms with Crippen LogP contribution in [-0.4, -0.2) is 61.3 Å². The molecule has 0 fully saturated rings. The fourth-order valence-corrected chi connectivity index (χ4v) is 7.51. The summed E-state index contributed by atoms with van der Waals surface area (Å²) in [6.07, 6.45) is 0.0289. The van der Waals surface area contributed by atoms with Gasteiger partial charge in [0.1, 0.15) is 5.75 Å². The maximum Gasteiger partial charge on any atom is 0.255 e. The van der Waals surface area contributed by atoms with Crippen LogP contribution in [0.15, 0.2) is 117 Å². The molecule has 0 aromatic heterocycles. The quantitative estimate of drug-likeness (QED) is 0.208. The van der Waals surface area contributed by atoms with Gasteiger partial charge in [0.05, 0.1) is 17.3 Å². The zero-order valence-corrected chi connectivity index (χ0v) is 26.9. The summed E-state index contributed by atoms with van der Waals surface area (Å²) < 4.78 is 39.7. The first-order valence-electron chi connectivity index (χ1n) is 14.8. The Labute approximate surface area is 271 Å². The third-order valence-electron chi connectivity index (χ3n) is 8.14. The first-order valence-corrected chi connectivity index (χ1v) is 17.2. The molecule has 0 saturated carbocycles. The lowest BCUT2D eigenvalue weighted by Gasteiger charge is -2.32. The van der Waals surface area contributed by atoms with Crippen LogP contribution in [0.4, 0.5) is 0 Å². The molecule has 0 aliphatic carbocycles. The highest BCUT2D eigenvalue weighted by Crippen LogP contribution is 2.47. The molecule has 4 aromatic rings. The maximum atomic E-state index is 14.9. The van der Waals surface area contributed by atoms with Gasteiger partial charge in [0.15, 0.2) is 21.5 Å². The van der Waals surface area contributed by atoms with Crippen LogP contribution in [-0.2, 0) is 32.3 Å². The summed E-state index contributed by atoms with van der Waals surface area (Å²) in [4.78, 5) is 21.8. The van der Waals surface area contributed by atoms with E-state index >= 15 is 0 Å². The van der Waals surface area contributed by atoms with Crippen LogP contribution in [0.1, 0.15) is 34.8 Å². The van der Waals surface area contributed by atoms with Gasteiger partial charge in [-0.05, 0) is 53.6 Å². The molecule has 45 heavy (non-hydrogen) atoms. The van der Waals surface area contributed by atoms with Crippen LogP contribution < -0.4 is 4.74 Å². The number of fused-ring (bicyclic) bond motifs is 3. The number of halogens is 1. The Morgan fingerprint density at radius 2 is 1.67 bits per heavy atom. The van der Waals surface area contributed by atoms with E-state index in [9.17, 15) is 13.2 Å². The van der Waals surface area contributed by atoms with Crippen LogP contribution >= 0.6 is 15.9 Å². The smallest absolute Gasteiger partial charge is 0.255 e. The van der Waals surface area contributed by atoms with Crippen molar-refractivity contribution in [2.24, 2.45) is 4.99 Å². The molecule has 2 heterocycles. The molecule has 2 aliphatic rings. The largest absolute Gasteiger partial charge is 0.494 e. The van der Waals surface area contributed by atoms with E-state index < -0.39 is 21.5 Å². The van der Waals surface area contributed by atoms with Crippen molar-refractivity contribution >= 4 is 37.6 Å². The van der Waals surface area contributed by atoms with E-state index in [-0.39, 0.29) is 42.7 Å². The highest BCUT2D eigenvalue weighted by atomic mass is 79.9. The number of ether oxygens (including phenoxy) is 2. The summed E-state index contributed by atoms with van der Waals surface area (Å²) in [5.74, 6) is 0.461. The minimum absolute atomic E-state index is 0.000443. The predicted octanol–water partition coefficient (Wildman–Crippen LogP) is 5.53. The molecule has 6 rings (SSSR count). The van der Waals surface area contributed by atoms with Crippen LogP contribution in [0.2, 0.25) is 0 Å². The molecule has 0 bridgehead atoms. The molecule has 2 aliphatic heterocycles. The van der Waals surface area contributed by atoms with Crippen molar-refractivity contribution in [1.82, 2.24) is 4.90 Å². The standard InChI is InChI=1S/C35H33BrN2O6S/c36-31-14-7-5-9-26(31)23-35-32(44-33(37-35)25-15-17-28(18-16-25)43-21-8-20-39)30-13-6-4-10-27(30)24-38(34(35)40)19-22-45(41,42)29-11-2-1-3-12-29/h1-7,9-18,32,39H,8,19-24H2/t32-,35-/m1/s1. The van der Waals surface area contributed by atoms with Crippen LogP contribution in [0, 0.1) is 0 Å². The number of nitrogens with zero attached hydrogens (tertiary/aromatic N) is 2. The molecule has 4 aromatic carbocycles. The second-order valence-corrected chi connectivity index (χ2v) is 14.1. The number of hydrogen-bond donors (Lipinski definition) is 1. The van der Waals surface area contributed by atoms with Gasteiger partial charge in [0.25, 0.3) is 5.91 Å². The van der Waals surface area contributed by atoms with Gasteiger partial charge in [-0.25, -0.2) is 13.4 Å². The zero-order chi connectivity index (χ0) is 31.4. The van der Waals surface area contributed by atoms with E-state index in [2.05, 4.69) is 15.9 Å². The van der Waals surface area contributed by atoms with Gasteiger partial charge in [-0.15, -0.1) is 0 Å². The Bertz CT molecular complexity index is 1810. The molecule has 2 atom stereocenters. The molecule has 8 nitrogen and oxygen atoms in total. The average Bonchev–Trinajstić information content (AvgIpc) is 3.41. The highest BCUT2D eigenvalue weighted by Gasteiger charge is 2.57. The van der Waals surface area contributed by atoms with Crippen molar-refractivity contribution in [3.63, 3.8) is 0 Å². The number of sulfone groups is 1. The predicted molar refractivity (Wildman–Crippen MR) is 175 cm³/mol. The van der Waals surface area contributed by atoms with Crippen LogP contribution in [0.25, 0.3) is 0 Å². The maximum absolute atomic E-state index is 14.9. The summed E-state index contributed by atoms with van der Waals surface area (Å²) in [7, 11) is -3.64. The Balaban J connectivity index is 1.41. The van der Waals surface area contributed by atoms with Crippen molar-refractivity contribution in [2.45, 2.75) is 35.9 Å². The summed E-state index contributed by atoms with van der Waals surface area (Å²) in [5.41, 5.74) is 1.90. The number of carbonyl (C=O) groups is 1. The van der Waals surface area contributed by atoms with Gasteiger partial charge in [-0.1, -0.05) is 76.6 Å². The average molecular weight is 690 g/mol. The van der Waals surface area contributed by atoms with Gasteiger partial charge >= 0.3 is 0 Å². The monoisotopic (exact) mass is 688 g/mol. The normalized spacial score (nSPS) is 19.2. The second-order valence-electron chi connectivity index (χ2n) is 11.1. The number of carbonyl (C=O) groups excluding carboxylic acids is 1. The second kappa shape index (κ2) is 13.2. The van der Waals surface area contributed by atoms with Gasteiger partial charge in [0.2, 0.25) is 5.90 Å². The van der Waals surface area contributed by atoms with E-state index in [1.807, 2.05) is 72.8 Å². The summed E-state index contributed by atoms with van der Waals surface area (Å²) in [6, 6.07) is 31.1. The fraction of sp³-hybridized carbons (Fsp3) is 0.257. The minimum atomic E-state index is -3.64. The molecule has 0 unspecified atom stereocenters. The molecule has 1 N–H and O–H groups in total. The van der Waals surface area contributed by atoms with Crippen molar-refractivity contribution < 1.29 is 27.8 Å². The summed E-state index contributed by atoms with van der Waals surface area (Å²) in [6.45, 7) is 0.682. The lowest BCUT2D eigenvalue weighted by Crippen LogP contribution is -2.50.